The summed E-state index contributed by atoms with van der Waals surface area (Å²) in [6, 6.07) is 7.49. The molecule has 0 saturated heterocycles. The minimum Gasteiger partial charge on any atom is -0.338 e. The second kappa shape index (κ2) is 9.04. The van der Waals surface area contributed by atoms with Crippen LogP contribution < -0.4 is 10.2 Å². The Labute approximate surface area is 149 Å². The van der Waals surface area contributed by atoms with E-state index < -0.39 is 0 Å². The maximum absolute atomic E-state index is 12.4. The molecule has 0 bridgehead atoms. The lowest BCUT2D eigenvalue weighted by molar-refractivity contribution is -0.862. The summed E-state index contributed by atoms with van der Waals surface area (Å²) in [6.45, 7) is 0.554. The molecule has 1 aromatic rings. The third-order valence-corrected chi connectivity index (χ3v) is 4.91. The third-order valence-electron chi connectivity index (χ3n) is 4.58. The lowest BCUT2D eigenvalue weighted by Gasteiger charge is -2.31. The number of benzene rings is 1. The summed E-state index contributed by atoms with van der Waals surface area (Å²) < 4.78 is 0. The molecule has 5 nitrogen and oxygen atoms in total. The van der Waals surface area contributed by atoms with Crippen molar-refractivity contribution < 1.29 is 14.5 Å². The second-order valence-electron chi connectivity index (χ2n) is 6.64. The number of para-hydroxylation sites is 1. The van der Waals surface area contributed by atoms with Crippen LogP contribution in [0.25, 0.3) is 0 Å². The Hall–Kier alpha value is -1.59. The highest BCUT2D eigenvalue weighted by molar-refractivity contribution is 6.33. The van der Waals surface area contributed by atoms with E-state index in [9.17, 15) is 9.59 Å². The van der Waals surface area contributed by atoms with E-state index in [2.05, 4.69) is 5.32 Å². The molecule has 0 radical (unpaired) electrons. The van der Waals surface area contributed by atoms with E-state index in [1.54, 1.807) is 12.1 Å². The molecule has 1 aliphatic carbocycles. The van der Waals surface area contributed by atoms with E-state index in [1.165, 1.54) is 19.3 Å². The molecule has 1 unspecified atom stereocenters. The van der Waals surface area contributed by atoms with Crippen molar-refractivity contribution in [3.8, 4) is 0 Å². The third kappa shape index (κ3) is 5.49. The maximum atomic E-state index is 12.4. The van der Waals surface area contributed by atoms with Gasteiger partial charge in [-0.2, -0.15) is 0 Å². The van der Waals surface area contributed by atoms with Gasteiger partial charge in [0.1, 0.15) is 0 Å². The average Bonchev–Trinajstić information content (AvgIpc) is 2.56. The zero-order valence-electron chi connectivity index (χ0n) is 14.5. The van der Waals surface area contributed by atoms with Gasteiger partial charge in [-0.3, -0.25) is 9.59 Å². The van der Waals surface area contributed by atoms with Crippen molar-refractivity contribution in [2.24, 2.45) is 0 Å². The zero-order valence-corrected chi connectivity index (χ0v) is 15.2. The molecule has 24 heavy (non-hydrogen) atoms. The van der Waals surface area contributed by atoms with Gasteiger partial charge < -0.3 is 15.1 Å². The molecule has 1 atom stereocenters. The van der Waals surface area contributed by atoms with Gasteiger partial charge in [-0.15, -0.1) is 0 Å². The normalized spacial score (nSPS) is 16.5. The first-order chi connectivity index (χ1) is 11.5. The fourth-order valence-electron chi connectivity index (χ4n) is 3.15. The van der Waals surface area contributed by atoms with E-state index >= 15 is 0 Å². The smallest absolute Gasteiger partial charge is 0.279 e. The Bertz CT molecular complexity index is 573. The van der Waals surface area contributed by atoms with Crippen LogP contribution in [0.4, 0.5) is 5.69 Å². The van der Waals surface area contributed by atoms with Crippen molar-refractivity contribution in [1.29, 1.82) is 0 Å². The summed E-state index contributed by atoms with van der Waals surface area (Å²) in [4.78, 5) is 27.2. The molecule has 2 rings (SSSR count). The molecule has 0 spiro atoms. The predicted octanol–water partition coefficient (Wildman–Crippen LogP) is 1.58. The molecule has 0 heterocycles. The quantitative estimate of drug-likeness (QED) is 0.816. The summed E-state index contributed by atoms with van der Waals surface area (Å²) in [5, 5.41) is 3.30. The van der Waals surface area contributed by atoms with Gasteiger partial charge in [0.2, 0.25) is 0 Å². The van der Waals surface area contributed by atoms with Crippen molar-refractivity contribution >= 4 is 29.1 Å². The Morgan fingerprint density at radius 2 is 1.88 bits per heavy atom. The van der Waals surface area contributed by atoms with E-state index in [0.29, 0.717) is 23.3 Å². The van der Waals surface area contributed by atoms with E-state index in [1.807, 2.05) is 31.1 Å². The number of hydrogen-bond donors (Lipinski definition) is 2. The molecule has 0 aliphatic heterocycles. The van der Waals surface area contributed by atoms with Crippen LogP contribution in [0.1, 0.15) is 32.1 Å². The first-order valence-corrected chi connectivity index (χ1v) is 8.96. The molecule has 1 aliphatic rings. The summed E-state index contributed by atoms with van der Waals surface area (Å²) in [5.41, 5.74) is 0.600. The number of anilines is 1. The SMILES string of the molecule is CN(C(=O)C[NH+](C)CC(=O)Nc1ccccc1Cl)C1CCCCC1. The maximum Gasteiger partial charge on any atom is 0.279 e. The van der Waals surface area contributed by atoms with Gasteiger partial charge in [-0.05, 0) is 25.0 Å². The van der Waals surface area contributed by atoms with Crippen LogP contribution in [-0.2, 0) is 9.59 Å². The Balaban J connectivity index is 1.79. The second-order valence-corrected chi connectivity index (χ2v) is 7.04. The Morgan fingerprint density at radius 1 is 1.21 bits per heavy atom. The van der Waals surface area contributed by atoms with Crippen LogP contribution in [0.2, 0.25) is 5.02 Å². The van der Waals surface area contributed by atoms with Crippen molar-refractivity contribution in [2.45, 2.75) is 38.1 Å². The first kappa shape index (κ1) is 18.7. The number of carbonyl (C=O) groups excluding carboxylic acids is 2. The average molecular weight is 353 g/mol. The van der Waals surface area contributed by atoms with Crippen LogP contribution in [0.5, 0.6) is 0 Å². The molecule has 1 aromatic carbocycles. The molecule has 1 fully saturated rings. The van der Waals surface area contributed by atoms with Gasteiger partial charge >= 0.3 is 0 Å². The van der Waals surface area contributed by atoms with E-state index in [-0.39, 0.29) is 18.4 Å². The van der Waals surface area contributed by atoms with E-state index in [0.717, 1.165) is 17.7 Å². The highest BCUT2D eigenvalue weighted by Gasteiger charge is 2.24. The standard InChI is InChI=1S/C18H26ClN3O2/c1-21(12-17(23)20-16-11-7-6-10-15(16)19)13-18(24)22(2)14-8-4-3-5-9-14/h6-7,10-11,14H,3-5,8-9,12-13H2,1-2H3,(H,20,23)/p+1. The van der Waals surface area contributed by atoms with Gasteiger partial charge in [0.05, 0.1) is 17.8 Å². The highest BCUT2D eigenvalue weighted by atomic mass is 35.5. The van der Waals surface area contributed by atoms with Crippen LogP contribution in [0.3, 0.4) is 0 Å². The number of likely N-dealkylation sites (N-methyl/N-ethyl adjacent to an activating group) is 2. The van der Waals surface area contributed by atoms with Gasteiger partial charge in [-0.1, -0.05) is 43.0 Å². The number of carbonyl (C=O) groups is 2. The zero-order chi connectivity index (χ0) is 17.5. The van der Waals surface area contributed by atoms with E-state index in [4.69, 9.17) is 11.6 Å². The van der Waals surface area contributed by atoms with Crippen molar-refractivity contribution in [1.82, 2.24) is 4.90 Å². The number of hydrogen-bond acceptors (Lipinski definition) is 2. The molecule has 6 heteroatoms. The minimum absolute atomic E-state index is 0.102. The summed E-state index contributed by atoms with van der Waals surface area (Å²) in [6.07, 6.45) is 5.85. The number of rotatable bonds is 6. The minimum atomic E-state index is -0.145. The van der Waals surface area contributed by atoms with Crippen LogP contribution in [-0.4, -0.2) is 49.9 Å². The molecule has 0 aromatic heterocycles. The number of quaternary nitrogens is 1. The highest BCUT2D eigenvalue weighted by Crippen LogP contribution is 2.21. The van der Waals surface area contributed by atoms with Crippen LogP contribution in [0.15, 0.2) is 24.3 Å². The molecule has 2 amide bonds. The molecule has 1 saturated carbocycles. The van der Waals surface area contributed by atoms with Gasteiger partial charge in [0.15, 0.2) is 13.1 Å². The predicted molar refractivity (Wildman–Crippen MR) is 96.3 cm³/mol. The summed E-state index contributed by atoms with van der Waals surface area (Å²) in [5.74, 6) is -0.0429. The largest absolute Gasteiger partial charge is 0.338 e. The number of halogens is 1. The monoisotopic (exact) mass is 352 g/mol. The number of nitrogens with zero attached hydrogens (tertiary/aromatic N) is 1. The van der Waals surface area contributed by atoms with Gasteiger partial charge in [-0.25, -0.2) is 0 Å². The fraction of sp³-hybridized carbons (Fsp3) is 0.556. The van der Waals surface area contributed by atoms with Crippen molar-refractivity contribution in [2.75, 3.05) is 32.5 Å². The Kier molecular flexibility index (Phi) is 7.06. The molecular weight excluding hydrogens is 326 g/mol. The lowest BCUT2D eigenvalue weighted by Crippen LogP contribution is -3.11. The molecule has 2 N–H and O–H groups in total. The van der Waals surface area contributed by atoms with Gasteiger partial charge in [0.25, 0.3) is 11.8 Å². The topological polar surface area (TPSA) is 53.9 Å². The number of amides is 2. The lowest BCUT2D eigenvalue weighted by atomic mass is 9.94. The van der Waals surface area contributed by atoms with Crippen molar-refractivity contribution in [3.63, 3.8) is 0 Å². The number of nitrogens with one attached hydrogen (secondary N) is 2. The van der Waals surface area contributed by atoms with Crippen molar-refractivity contribution in [3.05, 3.63) is 29.3 Å². The van der Waals surface area contributed by atoms with Gasteiger partial charge in [0, 0.05) is 13.1 Å². The summed E-state index contributed by atoms with van der Waals surface area (Å²) >= 11 is 6.03. The van der Waals surface area contributed by atoms with Crippen LogP contribution >= 0.6 is 11.6 Å². The fourth-order valence-corrected chi connectivity index (χ4v) is 3.33. The first-order valence-electron chi connectivity index (χ1n) is 8.58. The molecule has 132 valence electrons. The summed E-state index contributed by atoms with van der Waals surface area (Å²) in [7, 11) is 3.74. The van der Waals surface area contributed by atoms with Crippen LogP contribution in [0, 0.1) is 0 Å². The molecular formula is C18H27ClN3O2+. The Morgan fingerprint density at radius 3 is 2.54 bits per heavy atom.